The first kappa shape index (κ1) is 19.5. The van der Waals surface area contributed by atoms with Gasteiger partial charge in [-0.25, -0.2) is 4.79 Å². The largest absolute Gasteiger partial charge is 0.454 e. The molecule has 1 aromatic carbocycles. The number of nitrogens with zero attached hydrogens (tertiary/aromatic N) is 1. The van der Waals surface area contributed by atoms with Crippen LogP contribution in [0.3, 0.4) is 0 Å². The Hall–Kier alpha value is -3.30. The van der Waals surface area contributed by atoms with E-state index in [2.05, 4.69) is 10.6 Å². The summed E-state index contributed by atoms with van der Waals surface area (Å²) < 4.78 is 15.3. The molecule has 0 saturated carbocycles. The van der Waals surface area contributed by atoms with Crippen molar-refractivity contribution in [3.63, 3.8) is 0 Å². The minimum atomic E-state index is -0.992. The van der Waals surface area contributed by atoms with E-state index in [9.17, 15) is 19.2 Å². The first-order chi connectivity index (χ1) is 13.4. The molecule has 2 N–H and O–H groups in total. The minimum absolute atomic E-state index is 0.116. The van der Waals surface area contributed by atoms with Crippen molar-refractivity contribution in [2.45, 2.75) is 32.2 Å². The summed E-state index contributed by atoms with van der Waals surface area (Å²) in [7, 11) is 0. The average Bonchev–Trinajstić information content (AvgIpc) is 3.24. The summed E-state index contributed by atoms with van der Waals surface area (Å²) in [5.74, 6) is -0.811. The van der Waals surface area contributed by atoms with Crippen molar-refractivity contribution >= 4 is 29.5 Å². The Bertz CT molecular complexity index is 819. The number of anilines is 1. The molecule has 1 fully saturated rings. The van der Waals surface area contributed by atoms with Crippen LogP contribution in [0.4, 0.5) is 10.5 Å². The Morgan fingerprint density at radius 3 is 2.61 bits per heavy atom. The van der Waals surface area contributed by atoms with E-state index in [0.29, 0.717) is 30.0 Å². The van der Waals surface area contributed by atoms with Crippen LogP contribution in [0.25, 0.3) is 0 Å². The Labute approximate surface area is 161 Å². The fraction of sp³-hybridized carbons (Fsp3) is 0.444. The quantitative estimate of drug-likeness (QED) is 0.525. The van der Waals surface area contributed by atoms with Gasteiger partial charge in [-0.3, -0.25) is 19.3 Å². The molecular formula is C18H21N3O7. The van der Waals surface area contributed by atoms with Crippen LogP contribution in [0, 0.1) is 0 Å². The predicted molar refractivity (Wildman–Crippen MR) is 95.7 cm³/mol. The smallest absolute Gasteiger partial charge is 0.326 e. The molecule has 0 aliphatic carbocycles. The van der Waals surface area contributed by atoms with Crippen molar-refractivity contribution in [1.82, 2.24) is 10.2 Å². The average molecular weight is 391 g/mol. The number of amides is 4. The third-order valence-electron chi connectivity index (χ3n) is 4.76. The summed E-state index contributed by atoms with van der Waals surface area (Å²) in [6.45, 7) is 2.58. The van der Waals surface area contributed by atoms with Gasteiger partial charge in [-0.2, -0.15) is 0 Å². The number of fused-ring (bicyclic) bond motifs is 1. The topological polar surface area (TPSA) is 123 Å². The normalized spacial score (nSPS) is 16.7. The Morgan fingerprint density at radius 1 is 1.21 bits per heavy atom. The minimum Gasteiger partial charge on any atom is -0.454 e. The van der Waals surface area contributed by atoms with E-state index in [4.69, 9.17) is 14.2 Å². The highest BCUT2D eigenvalue weighted by Gasteiger charge is 2.49. The highest BCUT2D eigenvalue weighted by atomic mass is 16.7. The van der Waals surface area contributed by atoms with Crippen LogP contribution in [0.2, 0.25) is 0 Å². The number of esters is 1. The second kappa shape index (κ2) is 7.75. The number of hydrogen-bond acceptors (Lipinski definition) is 7. The lowest BCUT2D eigenvalue weighted by molar-refractivity contribution is -0.150. The summed E-state index contributed by atoms with van der Waals surface area (Å²) >= 11 is 0. The summed E-state index contributed by atoms with van der Waals surface area (Å²) in [6, 6.07) is 4.21. The Morgan fingerprint density at radius 2 is 1.93 bits per heavy atom. The SMILES string of the molecule is CCC1(CC)NC(=O)N(CC(=O)OCC(=O)Nc2ccc3c(c2)OCO3)C1=O. The Balaban J connectivity index is 1.49. The van der Waals surface area contributed by atoms with Gasteiger partial charge in [0.1, 0.15) is 12.1 Å². The standard InChI is InChI=1S/C18H21N3O7/c1-3-18(4-2)16(24)21(17(25)20-18)8-15(23)26-9-14(22)19-11-5-6-12-13(7-11)28-10-27-12/h5-7H,3-4,8-10H2,1-2H3,(H,19,22)(H,20,25). The number of hydrogen-bond donors (Lipinski definition) is 2. The summed E-state index contributed by atoms with van der Waals surface area (Å²) in [4.78, 5) is 49.2. The monoisotopic (exact) mass is 391 g/mol. The fourth-order valence-corrected chi connectivity index (χ4v) is 3.04. The number of benzene rings is 1. The van der Waals surface area contributed by atoms with Gasteiger partial charge in [-0.05, 0) is 25.0 Å². The zero-order chi connectivity index (χ0) is 20.3. The molecule has 0 spiro atoms. The first-order valence-electron chi connectivity index (χ1n) is 8.87. The Kier molecular flexibility index (Phi) is 5.39. The van der Waals surface area contributed by atoms with Gasteiger partial charge in [-0.1, -0.05) is 13.8 Å². The highest BCUT2D eigenvalue weighted by molar-refractivity contribution is 6.08. The van der Waals surface area contributed by atoms with Gasteiger partial charge < -0.3 is 24.8 Å². The van der Waals surface area contributed by atoms with E-state index in [1.54, 1.807) is 32.0 Å². The molecule has 2 aliphatic heterocycles. The summed E-state index contributed by atoms with van der Waals surface area (Å²) in [5.41, 5.74) is -0.538. The molecule has 28 heavy (non-hydrogen) atoms. The maximum atomic E-state index is 12.4. The van der Waals surface area contributed by atoms with Crippen LogP contribution in [0.1, 0.15) is 26.7 Å². The molecule has 0 bridgehead atoms. The maximum Gasteiger partial charge on any atom is 0.326 e. The molecule has 0 aromatic heterocycles. The van der Waals surface area contributed by atoms with E-state index in [1.807, 2.05) is 0 Å². The third kappa shape index (κ3) is 3.71. The molecular weight excluding hydrogens is 370 g/mol. The summed E-state index contributed by atoms with van der Waals surface area (Å²) in [5, 5.41) is 5.18. The van der Waals surface area contributed by atoms with Gasteiger partial charge in [0.2, 0.25) is 6.79 Å². The van der Waals surface area contributed by atoms with Crippen LogP contribution >= 0.6 is 0 Å². The van der Waals surface area contributed by atoms with Crippen molar-refractivity contribution in [3.8, 4) is 11.5 Å². The van der Waals surface area contributed by atoms with Crippen molar-refractivity contribution in [3.05, 3.63) is 18.2 Å². The van der Waals surface area contributed by atoms with Gasteiger partial charge in [0.25, 0.3) is 11.8 Å². The molecule has 1 saturated heterocycles. The second-order valence-corrected chi connectivity index (χ2v) is 6.39. The molecule has 2 heterocycles. The van der Waals surface area contributed by atoms with Crippen molar-refractivity contribution < 1.29 is 33.4 Å². The lowest BCUT2D eigenvalue weighted by atomic mass is 9.93. The number of ether oxygens (including phenoxy) is 3. The number of carbonyl (C=O) groups excluding carboxylic acids is 4. The van der Waals surface area contributed by atoms with Crippen molar-refractivity contribution in [1.29, 1.82) is 0 Å². The lowest BCUT2D eigenvalue weighted by Gasteiger charge is -2.22. The van der Waals surface area contributed by atoms with Crippen molar-refractivity contribution in [2.75, 3.05) is 25.3 Å². The molecule has 1 aromatic rings. The number of imide groups is 1. The summed E-state index contributed by atoms with van der Waals surface area (Å²) in [6.07, 6.45) is 0.828. The van der Waals surface area contributed by atoms with Gasteiger partial charge in [-0.15, -0.1) is 0 Å². The van der Waals surface area contributed by atoms with E-state index in [1.165, 1.54) is 0 Å². The van der Waals surface area contributed by atoms with E-state index >= 15 is 0 Å². The van der Waals surface area contributed by atoms with Gasteiger partial charge in [0.05, 0.1) is 0 Å². The van der Waals surface area contributed by atoms with Gasteiger partial charge in [0, 0.05) is 11.8 Å². The number of rotatable bonds is 7. The van der Waals surface area contributed by atoms with Crippen LogP contribution in [-0.4, -0.2) is 54.2 Å². The van der Waals surface area contributed by atoms with Crippen LogP contribution in [-0.2, 0) is 19.1 Å². The molecule has 3 rings (SSSR count). The zero-order valence-corrected chi connectivity index (χ0v) is 15.6. The lowest BCUT2D eigenvalue weighted by Crippen LogP contribution is -2.46. The van der Waals surface area contributed by atoms with E-state index in [0.717, 1.165) is 4.90 Å². The van der Waals surface area contributed by atoms with Gasteiger partial charge in [0.15, 0.2) is 18.1 Å². The van der Waals surface area contributed by atoms with Crippen LogP contribution in [0.5, 0.6) is 11.5 Å². The fourth-order valence-electron chi connectivity index (χ4n) is 3.04. The molecule has 0 unspecified atom stereocenters. The van der Waals surface area contributed by atoms with E-state index < -0.39 is 42.5 Å². The number of nitrogens with one attached hydrogen (secondary N) is 2. The number of urea groups is 1. The third-order valence-corrected chi connectivity index (χ3v) is 4.76. The molecule has 10 nitrogen and oxygen atoms in total. The van der Waals surface area contributed by atoms with Gasteiger partial charge >= 0.3 is 12.0 Å². The first-order valence-corrected chi connectivity index (χ1v) is 8.87. The van der Waals surface area contributed by atoms with Crippen LogP contribution < -0.4 is 20.1 Å². The number of carbonyl (C=O) groups is 4. The zero-order valence-electron chi connectivity index (χ0n) is 15.6. The van der Waals surface area contributed by atoms with Crippen LogP contribution in [0.15, 0.2) is 18.2 Å². The molecule has 0 atom stereocenters. The van der Waals surface area contributed by atoms with Crippen molar-refractivity contribution in [2.24, 2.45) is 0 Å². The highest BCUT2D eigenvalue weighted by Crippen LogP contribution is 2.34. The molecule has 10 heteroatoms. The second-order valence-electron chi connectivity index (χ2n) is 6.39. The predicted octanol–water partition coefficient (Wildman–Crippen LogP) is 1.01. The van der Waals surface area contributed by atoms with E-state index in [-0.39, 0.29) is 6.79 Å². The molecule has 150 valence electrons. The molecule has 4 amide bonds. The maximum absolute atomic E-state index is 12.4. The molecule has 0 radical (unpaired) electrons. The molecule has 2 aliphatic rings.